The highest BCUT2D eigenvalue weighted by molar-refractivity contribution is 5.85. The molecular formula is C16H25ClN2O. The monoisotopic (exact) mass is 296 g/mol. The Kier molecular flexibility index (Phi) is 6.03. The molecule has 1 aromatic carbocycles. The van der Waals surface area contributed by atoms with Gasteiger partial charge in [-0.3, -0.25) is 4.79 Å². The van der Waals surface area contributed by atoms with E-state index < -0.39 is 0 Å². The van der Waals surface area contributed by atoms with Gasteiger partial charge >= 0.3 is 0 Å². The van der Waals surface area contributed by atoms with Crippen LogP contribution in [-0.2, 0) is 4.79 Å². The molecule has 20 heavy (non-hydrogen) atoms. The third-order valence-electron chi connectivity index (χ3n) is 4.32. The van der Waals surface area contributed by atoms with Crippen LogP contribution in [0, 0.1) is 19.8 Å². The second-order valence-electron chi connectivity index (χ2n) is 5.79. The van der Waals surface area contributed by atoms with Crippen LogP contribution in [0.1, 0.15) is 48.9 Å². The number of nitrogens with one attached hydrogen (secondary N) is 1. The lowest BCUT2D eigenvalue weighted by molar-refractivity contribution is -0.125. The standard InChI is InChI=1S/C16H24N2O.ClH/c1-10-5-4-6-15(11(10)2)12(3)18-16(19)13-7-8-14(17)9-13;/h4-6,12-14H,7-9,17H2,1-3H3,(H,18,19);1H. The number of rotatable bonds is 3. The van der Waals surface area contributed by atoms with E-state index in [1.807, 2.05) is 6.07 Å². The zero-order valence-electron chi connectivity index (χ0n) is 12.5. The quantitative estimate of drug-likeness (QED) is 0.901. The van der Waals surface area contributed by atoms with E-state index in [2.05, 4.69) is 38.2 Å². The first kappa shape index (κ1) is 17.0. The van der Waals surface area contributed by atoms with Gasteiger partial charge in [0, 0.05) is 12.0 Å². The molecule has 1 saturated carbocycles. The number of aryl methyl sites for hydroxylation is 1. The molecule has 0 spiro atoms. The lowest BCUT2D eigenvalue weighted by Gasteiger charge is -2.20. The predicted molar refractivity (Wildman–Crippen MR) is 85.0 cm³/mol. The molecule has 2 rings (SSSR count). The van der Waals surface area contributed by atoms with Gasteiger partial charge in [0.2, 0.25) is 5.91 Å². The summed E-state index contributed by atoms with van der Waals surface area (Å²) in [4.78, 5) is 12.2. The van der Waals surface area contributed by atoms with Crippen LogP contribution < -0.4 is 11.1 Å². The average molecular weight is 297 g/mol. The van der Waals surface area contributed by atoms with E-state index >= 15 is 0 Å². The zero-order chi connectivity index (χ0) is 14.0. The predicted octanol–water partition coefficient (Wildman–Crippen LogP) is 3.03. The third kappa shape index (κ3) is 3.74. The topological polar surface area (TPSA) is 55.1 Å². The highest BCUT2D eigenvalue weighted by atomic mass is 35.5. The molecule has 0 heterocycles. The maximum absolute atomic E-state index is 12.2. The summed E-state index contributed by atoms with van der Waals surface area (Å²) in [5.41, 5.74) is 9.60. The van der Waals surface area contributed by atoms with Crippen molar-refractivity contribution >= 4 is 18.3 Å². The summed E-state index contributed by atoms with van der Waals surface area (Å²) in [5, 5.41) is 3.13. The maximum atomic E-state index is 12.2. The minimum atomic E-state index is 0. The van der Waals surface area contributed by atoms with Crippen LogP contribution in [0.2, 0.25) is 0 Å². The molecule has 112 valence electrons. The van der Waals surface area contributed by atoms with Gasteiger partial charge in [-0.05, 0) is 56.7 Å². The molecule has 1 aliphatic rings. The van der Waals surface area contributed by atoms with E-state index in [4.69, 9.17) is 5.73 Å². The van der Waals surface area contributed by atoms with Gasteiger partial charge in [0.15, 0.2) is 0 Å². The highest BCUT2D eigenvalue weighted by Gasteiger charge is 2.28. The van der Waals surface area contributed by atoms with Crippen molar-refractivity contribution in [2.75, 3.05) is 0 Å². The lowest BCUT2D eigenvalue weighted by Crippen LogP contribution is -2.32. The summed E-state index contributed by atoms with van der Waals surface area (Å²) in [6.07, 6.45) is 2.72. The molecule has 0 radical (unpaired) electrons. The number of carbonyl (C=O) groups excluding carboxylic acids is 1. The zero-order valence-corrected chi connectivity index (χ0v) is 13.3. The third-order valence-corrected chi connectivity index (χ3v) is 4.32. The lowest BCUT2D eigenvalue weighted by atomic mass is 9.97. The fourth-order valence-electron chi connectivity index (χ4n) is 2.91. The fourth-order valence-corrected chi connectivity index (χ4v) is 2.91. The molecule has 4 heteroatoms. The minimum absolute atomic E-state index is 0. The van der Waals surface area contributed by atoms with Crippen molar-refractivity contribution in [1.29, 1.82) is 0 Å². The first-order valence-electron chi connectivity index (χ1n) is 7.11. The molecule has 1 aromatic rings. The molecule has 1 aliphatic carbocycles. The molecule has 3 atom stereocenters. The number of hydrogen-bond donors (Lipinski definition) is 2. The number of carbonyl (C=O) groups is 1. The van der Waals surface area contributed by atoms with Crippen LogP contribution in [0.3, 0.4) is 0 Å². The van der Waals surface area contributed by atoms with Crippen molar-refractivity contribution in [2.45, 2.75) is 52.1 Å². The van der Waals surface area contributed by atoms with Crippen molar-refractivity contribution in [2.24, 2.45) is 11.7 Å². The van der Waals surface area contributed by atoms with Gasteiger partial charge in [-0.15, -0.1) is 12.4 Å². The summed E-state index contributed by atoms with van der Waals surface area (Å²) in [5.74, 6) is 0.254. The molecule has 1 amide bonds. The van der Waals surface area contributed by atoms with Gasteiger partial charge in [-0.2, -0.15) is 0 Å². The Bertz CT molecular complexity index is 476. The second kappa shape index (κ2) is 7.09. The number of benzene rings is 1. The largest absolute Gasteiger partial charge is 0.349 e. The Morgan fingerprint density at radius 1 is 1.35 bits per heavy atom. The Hall–Kier alpha value is -1.06. The smallest absolute Gasteiger partial charge is 0.223 e. The average Bonchev–Trinajstić information content (AvgIpc) is 2.79. The van der Waals surface area contributed by atoms with Gasteiger partial charge in [-0.1, -0.05) is 18.2 Å². The van der Waals surface area contributed by atoms with E-state index in [0.29, 0.717) is 0 Å². The van der Waals surface area contributed by atoms with Crippen molar-refractivity contribution in [3.05, 3.63) is 34.9 Å². The normalized spacial score (nSPS) is 23.0. The molecule has 1 fully saturated rings. The van der Waals surface area contributed by atoms with Crippen molar-refractivity contribution in [3.63, 3.8) is 0 Å². The van der Waals surface area contributed by atoms with Crippen LogP contribution in [0.15, 0.2) is 18.2 Å². The Morgan fingerprint density at radius 2 is 2.05 bits per heavy atom. The number of amides is 1. The Labute approximate surface area is 127 Å². The van der Waals surface area contributed by atoms with Crippen molar-refractivity contribution < 1.29 is 4.79 Å². The van der Waals surface area contributed by atoms with E-state index in [0.717, 1.165) is 19.3 Å². The molecular weight excluding hydrogens is 272 g/mol. The van der Waals surface area contributed by atoms with E-state index in [1.165, 1.54) is 16.7 Å². The number of halogens is 1. The Morgan fingerprint density at radius 3 is 2.65 bits per heavy atom. The summed E-state index contributed by atoms with van der Waals surface area (Å²) in [7, 11) is 0. The van der Waals surface area contributed by atoms with Crippen molar-refractivity contribution in [3.8, 4) is 0 Å². The number of nitrogens with two attached hydrogens (primary N) is 1. The second-order valence-corrected chi connectivity index (χ2v) is 5.79. The molecule has 0 aliphatic heterocycles. The van der Waals surface area contributed by atoms with E-state index in [9.17, 15) is 4.79 Å². The van der Waals surface area contributed by atoms with Crippen LogP contribution in [0.4, 0.5) is 0 Å². The number of hydrogen-bond acceptors (Lipinski definition) is 2. The van der Waals surface area contributed by atoms with Crippen LogP contribution >= 0.6 is 12.4 Å². The van der Waals surface area contributed by atoms with Gasteiger partial charge in [0.1, 0.15) is 0 Å². The summed E-state index contributed by atoms with van der Waals surface area (Å²) in [6, 6.07) is 6.50. The van der Waals surface area contributed by atoms with Crippen molar-refractivity contribution in [1.82, 2.24) is 5.32 Å². The molecule has 3 unspecified atom stereocenters. The van der Waals surface area contributed by atoms with Gasteiger partial charge < -0.3 is 11.1 Å². The molecule has 3 nitrogen and oxygen atoms in total. The van der Waals surface area contributed by atoms with Gasteiger partial charge in [0.05, 0.1) is 6.04 Å². The summed E-state index contributed by atoms with van der Waals surface area (Å²) in [6.45, 7) is 6.26. The summed E-state index contributed by atoms with van der Waals surface area (Å²) < 4.78 is 0. The first-order valence-corrected chi connectivity index (χ1v) is 7.11. The Balaban J connectivity index is 0.00000200. The molecule has 0 saturated heterocycles. The van der Waals surface area contributed by atoms with E-state index in [1.54, 1.807) is 0 Å². The van der Waals surface area contributed by atoms with Gasteiger partial charge in [0.25, 0.3) is 0 Å². The maximum Gasteiger partial charge on any atom is 0.223 e. The SMILES string of the molecule is Cc1cccc(C(C)NC(=O)C2CCC(N)C2)c1C.Cl. The van der Waals surface area contributed by atoms with Crippen LogP contribution in [0.5, 0.6) is 0 Å². The summed E-state index contributed by atoms with van der Waals surface area (Å²) >= 11 is 0. The molecule has 3 N–H and O–H groups in total. The van der Waals surface area contributed by atoms with E-state index in [-0.39, 0.29) is 36.3 Å². The van der Waals surface area contributed by atoms with Crippen LogP contribution in [0.25, 0.3) is 0 Å². The molecule has 0 bridgehead atoms. The fraction of sp³-hybridized carbons (Fsp3) is 0.562. The van der Waals surface area contributed by atoms with Gasteiger partial charge in [-0.25, -0.2) is 0 Å². The minimum Gasteiger partial charge on any atom is -0.349 e. The molecule has 0 aromatic heterocycles. The first-order chi connectivity index (χ1) is 8.99. The van der Waals surface area contributed by atoms with Crippen LogP contribution in [-0.4, -0.2) is 11.9 Å². The highest BCUT2D eigenvalue weighted by Crippen LogP contribution is 2.26.